The molecule has 5 heteroatoms. The third-order valence-corrected chi connectivity index (χ3v) is 5.82. The van der Waals surface area contributed by atoms with Crippen molar-refractivity contribution in [1.29, 1.82) is 0 Å². The van der Waals surface area contributed by atoms with Crippen molar-refractivity contribution in [2.45, 2.75) is 38.5 Å². The molecule has 0 aromatic heterocycles. The number of hydrogen-bond donors (Lipinski definition) is 1. The standard InChI is InChI=1S/C23H28ClNO3/c1-17-6-7-21(14-18(17)2)28-11-8-22(26)25-16-23(9-12-27-13-10-23)19-4-3-5-20(24)15-19/h3-7,14-15H,8-13,16H2,1-2H3,(H,25,26). The maximum atomic E-state index is 12.4. The first-order valence-corrected chi connectivity index (χ1v) is 10.2. The van der Waals surface area contributed by atoms with Crippen LogP contribution in [0.1, 0.15) is 36.0 Å². The van der Waals surface area contributed by atoms with E-state index in [1.54, 1.807) is 0 Å². The van der Waals surface area contributed by atoms with Gasteiger partial charge in [-0.1, -0.05) is 29.8 Å². The molecular formula is C23H28ClNO3. The van der Waals surface area contributed by atoms with Crippen LogP contribution in [0.4, 0.5) is 0 Å². The van der Waals surface area contributed by atoms with Gasteiger partial charge < -0.3 is 14.8 Å². The highest BCUT2D eigenvalue weighted by molar-refractivity contribution is 6.30. The number of carbonyl (C=O) groups is 1. The van der Waals surface area contributed by atoms with Crippen molar-refractivity contribution in [1.82, 2.24) is 5.32 Å². The summed E-state index contributed by atoms with van der Waals surface area (Å²) in [6, 6.07) is 13.9. The van der Waals surface area contributed by atoms with Crippen molar-refractivity contribution < 1.29 is 14.3 Å². The molecule has 0 saturated carbocycles. The number of hydrogen-bond acceptors (Lipinski definition) is 3. The average molecular weight is 402 g/mol. The summed E-state index contributed by atoms with van der Waals surface area (Å²) in [6.07, 6.45) is 2.06. The van der Waals surface area contributed by atoms with Crippen molar-refractivity contribution in [2.24, 2.45) is 0 Å². The Hall–Kier alpha value is -2.04. The molecule has 0 aliphatic carbocycles. The molecule has 150 valence electrons. The van der Waals surface area contributed by atoms with E-state index in [1.807, 2.05) is 36.4 Å². The molecule has 1 aliphatic rings. The Balaban J connectivity index is 1.54. The van der Waals surface area contributed by atoms with E-state index in [-0.39, 0.29) is 11.3 Å². The zero-order chi connectivity index (χ0) is 20.0. The molecule has 1 saturated heterocycles. The van der Waals surface area contributed by atoms with Crippen LogP contribution in [0.2, 0.25) is 5.02 Å². The minimum atomic E-state index is -0.131. The predicted octanol–water partition coefficient (Wildman–Crippen LogP) is 4.59. The van der Waals surface area contributed by atoms with Crippen LogP contribution in [0.15, 0.2) is 42.5 Å². The van der Waals surface area contributed by atoms with Crippen molar-refractivity contribution >= 4 is 17.5 Å². The number of rotatable bonds is 7. The summed E-state index contributed by atoms with van der Waals surface area (Å²) in [7, 11) is 0. The van der Waals surface area contributed by atoms with E-state index in [4.69, 9.17) is 21.1 Å². The lowest BCUT2D eigenvalue weighted by atomic mass is 9.74. The lowest BCUT2D eigenvalue weighted by molar-refractivity contribution is -0.122. The lowest BCUT2D eigenvalue weighted by Crippen LogP contribution is -2.44. The molecule has 0 atom stereocenters. The van der Waals surface area contributed by atoms with Crippen LogP contribution in [-0.4, -0.2) is 32.3 Å². The van der Waals surface area contributed by atoms with Gasteiger partial charge in [0, 0.05) is 30.2 Å². The zero-order valence-corrected chi connectivity index (χ0v) is 17.3. The molecular weight excluding hydrogens is 374 g/mol. The van der Waals surface area contributed by atoms with Crippen LogP contribution >= 0.6 is 11.6 Å². The van der Waals surface area contributed by atoms with Gasteiger partial charge in [-0.05, 0) is 67.6 Å². The molecule has 0 unspecified atom stereocenters. The molecule has 2 aromatic rings. The summed E-state index contributed by atoms with van der Waals surface area (Å²) in [5.74, 6) is 0.799. The Morgan fingerprint density at radius 2 is 1.93 bits per heavy atom. The van der Waals surface area contributed by atoms with Gasteiger partial charge in [0.15, 0.2) is 0 Å². The summed E-state index contributed by atoms with van der Waals surface area (Å²) >= 11 is 6.20. The molecule has 0 spiro atoms. The predicted molar refractivity (Wildman–Crippen MR) is 112 cm³/mol. The number of amides is 1. The van der Waals surface area contributed by atoms with Gasteiger partial charge in [-0.15, -0.1) is 0 Å². The van der Waals surface area contributed by atoms with E-state index in [0.717, 1.165) is 29.2 Å². The summed E-state index contributed by atoms with van der Waals surface area (Å²) < 4.78 is 11.3. The van der Waals surface area contributed by atoms with Gasteiger partial charge in [0.1, 0.15) is 5.75 Å². The molecule has 2 aromatic carbocycles. The summed E-state index contributed by atoms with van der Waals surface area (Å²) in [5, 5.41) is 3.82. The SMILES string of the molecule is Cc1ccc(OCCC(=O)NCC2(c3cccc(Cl)c3)CCOCC2)cc1C. The average Bonchev–Trinajstić information content (AvgIpc) is 2.70. The van der Waals surface area contributed by atoms with Crippen molar-refractivity contribution in [2.75, 3.05) is 26.4 Å². The van der Waals surface area contributed by atoms with E-state index >= 15 is 0 Å². The fourth-order valence-electron chi connectivity index (χ4n) is 3.57. The monoisotopic (exact) mass is 401 g/mol. The molecule has 3 rings (SSSR count). The number of carbonyl (C=O) groups excluding carboxylic acids is 1. The number of nitrogens with one attached hydrogen (secondary N) is 1. The molecule has 1 N–H and O–H groups in total. The Kier molecular flexibility index (Phi) is 6.97. The Labute approximate surface area is 172 Å². The molecule has 0 bridgehead atoms. The summed E-state index contributed by atoms with van der Waals surface area (Å²) in [6.45, 7) is 6.45. The van der Waals surface area contributed by atoms with E-state index in [0.29, 0.717) is 32.8 Å². The normalized spacial score (nSPS) is 15.8. The second-order valence-electron chi connectivity index (χ2n) is 7.52. The molecule has 0 radical (unpaired) electrons. The first-order valence-electron chi connectivity index (χ1n) is 9.79. The van der Waals surface area contributed by atoms with E-state index in [2.05, 4.69) is 25.2 Å². The van der Waals surface area contributed by atoms with Gasteiger partial charge in [-0.2, -0.15) is 0 Å². The first-order chi connectivity index (χ1) is 13.5. The Morgan fingerprint density at radius 3 is 2.64 bits per heavy atom. The third kappa shape index (κ3) is 5.27. The van der Waals surface area contributed by atoms with Crippen LogP contribution in [0, 0.1) is 13.8 Å². The van der Waals surface area contributed by atoms with Crippen LogP contribution in [0.25, 0.3) is 0 Å². The minimum absolute atomic E-state index is 0.00303. The number of ether oxygens (including phenoxy) is 2. The van der Waals surface area contributed by atoms with Gasteiger partial charge in [0.2, 0.25) is 5.91 Å². The van der Waals surface area contributed by atoms with Crippen LogP contribution in [0.5, 0.6) is 5.75 Å². The second-order valence-corrected chi connectivity index (χ2v) is 7.96. The largest absolute Gasteiger partial charge is 0.493 e. The van der Waals surface area contributed by atoms with Crippen LogP contribution in [-0.2, 0) is 14.9 Å². The molecule has 1 fully saturated rings. The number of aryl methyl sites for hydroxylation is 2. The number of halogens is 1. The molecule has 28 heavy (non-hydrogen) atoms. The van der Waals surface area contributed by atoms with Gasteiger partial charge >= 0.3 is 0 Å². The maximum absolute atomic E-state index is 12.4. The van der Waals surface area contributed by atoms with Gasteiger partial charge in [0.25, 0.3) is 0 Å². The fourth-order valence-corrected chi connectivity index (χ4v) is 3.76. The van der Waals surface area contributed by atoms with E-state index in [1.165, 1.54) is 11.1 Å². The molecule has 4 nitrogen and oxygen atoms in total. The Morgan fingerprint density at radius 1 is 1.14 bits per heavy atom. The molecule has 1 heterocycles. The fraction of sp³-hybridized carbons (Fsp3) is 0.435. The van der Waals surface area contributed by atoms with Crippen LogP contribution < -0.4 is 10.1 Å². The second kappa shape index (κ2) is 9.44. The topological polar surface area (TPSA) is 47.6 Å². The highest BCUT2D eigenvalue weighted by Gasteiger charge is 2.35. The van der Waals surface area contributed by atoms with E-state index < -0.39 is 0 Å². The van der Waals surface area contributed by atoms with Gasteiger partial charge in [-0.3, -0.25) is 4.79 Å². The van der Waals surface area contributed by atoms with Crippen LogP contribution in [0.3, 0.4) is 0 Å². The first kappa shape index (κ1) is 20.7. The van der Waals surface area contributed by atoms with E-state index in [9.17, 15) is 4.79 Å². The molecule has 1 amide bonds. The highest BCUT2D eigenvalue weighted by Crippen LogP contribution is 2.35. The zero-order valence-electron chi connectivity index (χ0n) is 16.6. The minimum Gasteiger partial charge on any atom is -0.493 e. The summed E-state index contributed by atoms with van der Waals surface area (Å²) in [5.41, 5.74) is 3.45. The summed E-state index contributed by atoms with van der Waals surface area (Å²) in [4.78, 5) is 12.4. The van der Waals surface area contributed by atoms with Crippen molar-refractivity contribution in [3.63, 3.8) is 0 Å². The third-order valence-electron chi connectivity index (χ3n) is 5.59. The Bertz CT molecular complexity index is 815. The molecule has 1 aliphatic heterocycles. The maximum Gasteiger partial charge on any atom is 0.223 e. The quantitative estimate of drug-likeness (QED) is 0.738. The highest BCUT2D eigenvalue weighted by atomic mass is 35.5. The number of benzene rings is 2. The lowest BCUT2D eigenvalue weighted by Gasteiger charge is -2.38. The smallest absolute Gasteiger partial charge is 0.223 e. The van der Waals surface area contributed by atoms with Crippen molar-refractivity contribution in [3.05, 3.63) is 64.2 Å². The van der Waals surface area contributed by atoms with Gasteiger partial charge in [-0.25, -0.2) is 0 Å². The van der Waals surface area contributed by atoms with Crippen molar-refractivity contribution in [3.8, 4) is 5.75 Å². The van der Waals surface area contributed by atoms with Gasteiger partial charge in [0.05, 0.1) is 13.0 Å².